The highest BCUT2D eigenvalue weighted by Crippen LogP contribution is 2.37. The van der Waals surface area contributed by atoms with Crippen LogP contribution in [0, 0.1) is 0 Å². The number of rotatable bonds is 10. The largest absolute Gasteiger partial charge is 0.417 e. The molecule has 0 spiro atoms. The Morgan fingerprint density at radius 3 is 1.31 bits per heavy atom. The number of alkyl halides is 1. The number of unbranched alkanes of at least 4 members (excludes halogenated alkanes) is 2. The molecule has 0 radical (unpaired) electrons. The molecule has 6 heteroatoms. The van der Waals surface area contributed by atoms with Crippen molar-refractivity contribution in [3.63, 3.8) is 0 Å². The quantitative estimate of drug-likeness (QED) is 0.146. The van der Waals surface area contributed by atoms with E-state index in [-0.39, 0.29) is 6.61 Å². The van der Waals surface area contributed by atoms with Gasteiger partial charge in [-0.05, 0) is 66.4 Å². The average Bonchev–Trinajstić information content (AvgIpc) is 2.46. The molecule has 0 aromatic rings. The van der Waals surface area contributed by atoms with Crippen LogP contribution in [0.4, 0.5) is 0 Å². The summed E-state index contributed by atoms with van der Waals surface area (Å²) in [5.74, 6) is 0. The first kappa shape index (κ1) is 29.2. The van der Waals surface area contributed by atoms with E-state index in [4.69, 9.17) is 14.0 Å². The van der Waals surface area contributed by atoms with Gasteiger partial charge in [0, 0.05) is 19.8 Å². The fourth-order valence-corrected chi connectivity index (χ4v) is 4.21. The first-order valence-corrected chi connectivity index (χ1v) is 17.4. The van der Waals surface area contributed by atoms with Crippen molar-refractivity contribution in [3.05, 3.63) is 0 Å². The van der Waals surface area contributed by atoms with Gasteiger partial charge in [0.15, 0.2) is 16.6 Å². The Hall–Kier alpha value is 1.04. The Morgan fingerprint density at radius 2 is 1.04 bits per heavy atom. The van der Waals surface area contributed by atoms with Gasteiger partial charge in [-0.3, -0.25) is 0 Å². The predicted octanol–water partition coefficient (Wildman–Crippen LogP) is 7.00. The SMILES string of the molecule is CC(C)(C)[Si](C)(C)OCCCCI.CC(C)(C)[Si](C)(C)OCCCCO. The highest BCUT2D eigenvalue weighted by Gasteiger charge is 2.37. The minimum absolute atomic E-state index is 0.279. The Balaban J connectivity index is 0. The second kappa shape index (κ2) is 13.3. The average molecular weight is 519 g/mol. The third-order valence-corrected chi connectivity index (χ3v) is 15.5. The standard InChI is InChI=1S/C10H23IOSi.C10H24O2Si/c2*1-10(2,3)13(4,5)12-9-7-6-8-11/h6-9H2,1-5H3;11H,6-9H2,1-5H3. The maximum atomic E-state index is 8.61. The molecule has 160 valence electrons. The van der Waals surface area contributed by atoms with Gasteiger partial charge in [0.1, 0.15) is 0 Å². The van der Waals surface area contributed by atoms with E-state index in [0.717, 1.165) is 26.1 Å². The van der Waals surface area contributed by atoms with Gasteiger partial charge >= 0.3 is 0 Å². The van der Waals surface area contributed by atoms with Crippen LogP contribution < -0.4 is 0 Å². The summed E-state index contributed by atoms with van der Waals surface area (Å²) >= 11 is 2.42. The van der Waals surface area contributed by atoms with Crippen molar-refractivity contribution in [1.29, 1.82) is 0 Å². The highest BCUT2D eigenvalue weighted by molar-refractivity contribution is 14.1. The van der Waals surface area contributed by atoms with Gasteiger partial charge in [0.05, 0.1) is 0 Å². The lowest BCUT2D eigenvalue weighted by atomic mass is 10.2. The molecule has 0 bridgehead atoms. The van der Waals surface area contributed by atoms with Gasteiger partial charge in [-0.15, -0.1) is 0 Å². The van der Waals surface area contributed by atoms with E-state index in [0.29, 0.717) is 10.1 Å². The summed E-state index contributed by atoms with van der Waals surface area (Å²) in [7, 11) is -2.99. The second-order valence-corrected chi connectivity index (χ2v) is 20.7. The predicted molar refractivity (Wildman–Crippen MR) is 131 cm³/mol. The lowest BCUT2D eigenvalue weighted by molar-refractivity contribution is 0.242. The van der Waals surface area contributed by atoms with Crippen LogP contribution in [0.3, 0.4) is 0 Å². The lowest BCUT2D eigenvalue weighted by Gasteiger charge is -2.36. The molecule has 0 heterocycles. The minimum Gasteiger partial charge on any atom is -0.417 e. The van der Waals surface area contributed by atoms with Crippen molar-refractivity contribution in [2.24, 2.45) is 0 Å². The summed E-state index contributed by atoms with van der Waals surface area (Å²) in [6.45, 7) is 24.8. The molecule has 0 rings (SSSR count). The third kappa shape index (κ3) is 13.3. The molecule has 26 heavy (non-hydrogen) atoms. The molecule has 3 nitrogen and oxygen atoms in total. The van der Waals surface area contributed by atoms with Gasteiger partial charge in [-0.25, -0.2) is 0 Å². The van der Waals surface area contributed by atoms with E-state index in [2.05, 4.69) is 90.3 Å². The fourth-order valence-electron chi connectivity index (χ4n) is 1.50. The normalized spacial score (nSPS) is 13.4. The molecule has 0 aromatic carbocycles. The summed E-state index contributed by atoms with van der Waals surface area (Å²) in [5.41, 5.74) is 0. The fraction of sp³-hybridized carbons (Fsp3) is 1.00. The third-order valence-electron chi connectivity index (χ3n) is 5.62. The molecule has 0 saturated heterocycles. The summed E-state index contributed by atoms with van der Waals surface area (Å²) in [5, 5.41) is 9.27. The number of aliphatic hydroxyl groups excluding tert-OH is 1. The smallest absolute Gasteiger partial charge is 0.191 e. The van der Waals surface area contributed by atoms with Crippen molar-refractivity contribution in [1.82, 2.24) is 0 Å². The lowest BCUT2D eigenvalue weighted by Crippen LogP contribution is -2.40. The van der Waals surface area contributed by atoms with E-state index >= 15 is 0 Å². The Kier molecular flexibility index (Phi) is 15.0. The van der Waals surface area contributed by atoms with E-state index in [9.17, 15) is 0 Å². The molecule has 0 saturated carbocycles. The zero-order valence-electron chi connectivity index (χ0n) is 19.3. The number of halogens is 1. The van der Waals surface area contributed by atoms with Gasteiger partial charge in [0.2, 0.25) is 0 Å². The van der Waals surface area contributed by atoms with Crippen molar-refractivity contribution in [3.8, 4) is 0 Å². The van der Waals surface area contributed by atoms with Crippen LogP contribution >= 0.6 is 22.6 Å². The first-order chi connectivity index (χ1) is 11.6. The first-order valence-electron chi connectivity index (χ1n) is 10.1. The molecule has 0 atom stereocenters. The van der Waals surface area contributed by atoms with E-state index < -0.39 is 16.6 Å². The van der Waals surface area contributed by atoms with Crippen LogP contribution in [-0.4, -0.2) is 46.0 Å². The molecule has 0 fully saturated rings. The van der Waals surface area contributed by atoms with E-state index in [1.807, 2.05) is 0 Å². The molecule has 0 aliphatic rings. The summed E-state index contributed by atoms with van der Waals surface area (Å²) in [6, 6.07) is 0. The van der Waals surface area contributed by atoms with Crippen LogP contribution in [0.1, 0.15) is 67.2 Å². The van der Waals surface area contributed by atoms with Gasteiger partial charge in [-0.1, -0.05) is 64.1 Å². The molecular weight excluding hydrogens is 471 g/mol. The van der Waals surface area contributed by atoms with Crippen molar-refractivity contribution < 1.29 is 14.0 Å². The summed E-state index contributed by atoms with van der Waals surface area (Å²) in [4.78, 5) is 0. The molecule has 0 aromatic heterocycles. The summed E-state index contributed by atoms with van der Waals surface area (Å²) in [6.07, 6.45) is 4.34. The Morgan fingerprint density at radius 1 is 0.692 bits per heavy atom. The molecule has 0 aliphatic heterocycles. The monoisotopic (exact) mass is 518 g/mol. The molecule has 1 N–H and O–H groups in total. The van der Waals surface area contributed by atoms with Gasteiger partial charge < -0.3 is 14.0 Å². The number of hydrogen-bond donors (Lipinski definition) is 1. The number of hydrogen-bond acceptors (Lipinski definition) is 3. The molecule has 0 unspecified atom stereocenters. The van der Waals surface area contributed by atoms with Crippen LogP contribution in [-0.2, 0) is 8.85 Å². The molecular formula is C20H47IO3Si2. The van der Waals surface area contributed by atoms with E-state index in [1.165, 1.54) is 17.3 Å². The Labute approximate surface area is 180 Å². The van der Waals surface area contributed by atoms with Crippen molar-refractivity contribution in [2.75, 3.05) is 24.2 Å². The maximum Gasteiger partial charge on any atom is 0.191 e. The van der Waals surface area contributed by atoms with Crippen LogP contribution in [0.2, 0.25) is 36.3 Å². The van der Waals surface area contributed by atoms with Gasteiger partial charge in [0.25, 0.3) is 0 Å². The van der Waals surface area contributed by atoms with E-state index in [1.54, 1.807) is 0 Å². The number of aliphatic hydroxyl groups is 1. The van der Waals surface area contributed by atoms with Crippen molar-refractivity contribution >= 4 is 39.2 Å². The highest BCUT2D eigenvalue weighted by atomic mass is 127. The van der Waals surface area contributed by atoms with Gasteiger partial charge in [-0.2, -0.15) is 0 Å². The second-order valence-electron chi connectivity index (χ2n) is 10.0. The van der Waals surface area contributed by atoms with Crippen LogP contribution in [0.25, 0.3) is 0 Å². The zero-order chi connectivity index (χ0) is 21.1. The minimum atomic E-state index is -1.54. The van der Waals surface area contributed by atoms with Crippen molar-refractivity contribution in [2.45, 2.75) is 103 Å². The molecule has 0 amide bonds. The Bertz CT molecular complexity index is 314. The van der Waals surface area contributed by atoms with Crippen LogP contribution in [0.15, 0.2) is 0 Å². The maximum absolute atomic E-state index is 8.61. The zero-order valence-corrected chi connectivity index (χ0v) is 23.5. The summed E-state index contributed by atoms with van der Waals surface area (Å²) < 4.78 is 13.2. The van der Waals surface area contributed by atoms with Crippen LogP contribution in [0.5, 0.6) is 0 Å². The topological polar surface area (TPSA) is 38.7 Å². The molecule has 0 aliphatic carbocycles.